The summed E-state index contributed by atoms with van der Waals surface area (Å²) in [5, 5.41) is 0. The summed E-state index contributed by atoms with van der Waals surface area (Å²) in [7, 11) is 0. The largest absolute Gasteiger partial charge is 0.488 e. The predicted octanol–water partition coefficient (Wildman–Crippen LogP) is 5.25. The lowest BCUT2D eigenvalue weighted by molar-refractivity contribution is -0.133. The zero-order chi connectivity index (χ0) is 22.2. The number of benzene rings is 2. The van der Waals surface area contributed by atoms with Crippen LogP contribution < -0.4 is 15.4 Å². The van der Waals surface area contributed by atoms with Crippen LogP contribution in [0.2, 0.25) is 0 Å². The number of ether oxygens (including phenoxy) is 1. The van der Waals surface area contributed by atoms with E-state index in [4.69, 9.17) is 10.5 Å². The maximum atomic E-state index is 13.5. The standard InChI is InChI=1S/C23H21F3N2O2S/c1-14(27)22(29)28-10-9-16-11-17(7-8-20(16)28)30-13-18-12-19(15-5-3-2-4-6-15)21(31-18)23(24,25)26/h2-8,11-12,14H,9-10,13,27H2,1H3/t14-/m0/s1. The molecule has 0 saturated heterocycles. The van der Waals surface area contributed by atoms with Crippen LogP contribution in [-0.2, 0) is 24.0 Å². The van der Waals surface area contributed by atoms with Crippen molar-refractivity contribution in [3.8, 4) is 16.9 Å². The summed E-state index contributed by atoms with van der Waals surface area (Å²) < 4.78 is 46.4. The fourth-order valence-electron chi connectivity index (χ4n) is 3.65. The van der Waals surface area contributed by atoms with Gasteiger partial charge in [-0.05, 0) is 48.7 Å². The fraction of sp³-hybridized carbons (Fsp3) is 0.261. The van der Waals surface area contributed by atoms with Crippen molar-refractivity contribution in [2.75, 3.05) is 11.4 Å². The van der Waals surface area contributed by atoms with Crippen molar-refractivity contribution in [2.24, 2.45) is 5.73 Å². The number of thiophene rings is 1. The third kappa shape index (κ3) is 4.45. The lowest BCUT2D eigenvalue weighted by atomic mass is 10.1. The van der Waals surface area contributed by atoms with Gasteiger partial charge < -0.3 is 15.4 Å². The minimum atomic E-state index is -4.43. The van der Waals surface area contributed by atoms with Crippen LogP contribution in [0.25, 0.3) is 11.1 Å². The minimum Gasteiger partial charge on any atom is -0.488 e. The van der Waals surface area contributed by atoms with E-state index in [2.05, 4.69) is 0 Å². The number of amides is 1. The summed E-state index contributed by atoms with van der Waals surface area (Å²) in [6.07, 6.45) is -3.75. The third-order valence-electron chi connectivity index (χ3n) is 5.11. The van der Waals surface area contributed by atoms with Gasteiger partial charge in [-0.25, -0.2) is 0 Å². The Hall–Kier alpha value is -2.84. The highest BCUT2D eigenvalue weighted by atomic mass is 32.1. The number of nitrogens with two attached hydrogens (primary N) is 1. The first-order valence-electron chi connectivity index (χ1n) is 9.82. The first kappa shape index (κ1) is 21.4. The van der Waals surface area contributed by atoms with Crippen molar-refractivity contribution in [2.45, 2.75) is 32.2 Å². The molecule has 0 saturated carbocycles. The highest BCUT2D eigenvalue weighted by Crippen LogP contribution is 2.43. The summed E-state index contributed by atoms with van der Waals surface area (Å²) in [5.41, 5.74) is 8.15. The molecule has 2 aromatic carbocycles. The second-order valence-corrected chi connectivity index (χ2v) is 8.56. The predicted molar refractivity (Wildman–Crippen MR) is 115 cm³/mol. The van der Waals surface area contributed by atoms with Gasteiger partial charge in [0.05, 0.1) is 6.04 Å². The Balaban J connectivity index is 1.53. The van der Waals surface area contributed by atoms with Gasteiger partial charge in [-0.15, -0.1) is 11.3 Å². The monoisotopic (exact) mass is 446 g/mol. The van der Waals surface area contributed by atoms with Crippen LogP contribution in [-0.4, -0.2) is 18.5 Å². The normalized spacial score (nSPS) is 14.4. The third-order valence-corrected chi connectivity index (χ3v) is 6.26. The molecule has 0 aliphatic carbocycles. The number of fused-ring (bicyclic) bond motifs is 1. The molecule has 0 bridgehead atoms. The van der Waals surface area contributed by atoms with Gasteiger partial charge in [-0.1, -0.05) is 30.3 Å². The van der Waals surface area contributed by atoms with Crippen molar-refractivity contribution >= 4 is 22.9 Å². The fourth-order valence-corrected chi connectivity index (χ4v) is 4.61. The number of carbonyl (C=O) groups is 1. The van der Waals surface area contributed by atoms with Crippen molar-refractivity contribution in [1.82, 2.24) is 0 Å². The highest BCUT2D eigenvalue weighted by Gasteiger charge is 2.36. The second-order valence-electron chi connectivity index (χ2n) is 7.43. The van der Waals surface area contributed by atoms with Gasteiger partial charge in [-0.3, -0.25) is 4.79 Å². The molecular weight excluding hydrogens is 425 g/mol. The average molecular weight is 446 g/mol. The van der Waals surface area contributed by atoms with E-state index < -0.39 is 17.1 Å². The molecule has 4 rings (SSSR count). The van der Waals surface area contributed by atoms with Crippen molar-refractivity contribution < 1.29 is 22.7 Å². The van der Waals surface area contributed by atoms with Gasteiger partial charge in [0.15, 0.2) is 0 Å². The Kier molecular flexibility index (Phi) is 5.77. The molecule has 1 aromatic heterocycles. The van der Waals surface area contributed by atoms with Gasteiger partial charge in [0, 0.05) is 22.7 Å². The Morgan fingerprint density at radius 2 is 1.94 bits per heavy atom. The van der Waals surface area contributed by atoms with Crippen LogP contribution >= 0.6 is 11.3 Å². The number of nitrogens with zero attached hydrogens (tertiary/aromatic N) is 1. The van der Waals surface area contributed by atoms with Crippen LogP contribution in [0.3, 0.4) is 0 Å². The molecule has 3 aromatic rings. The number of hydrogen-bond donors (Lipinski definition) is 1. The molecular formula is C23H21F3N2O2S. The lowest BCUT2D eigenvalue weighted by Crippen LogP contribution is -2.41. The van der Waals surface area contributed by atoms with Crippen molar-refractivity contribution in [3.63, 3.8) is 0 Å². The van der Waals surface area contributed by atoms with Gasteiger partial charge in [0.1, 0.15) is 17.2 Å². The van der Waals surface area contributed by atoms with E-state index in [1.54, 1.807) is 60.4 Å². The summed E-state index contributed by atoms with van der Waals surface area (Å²) in [4.78, 5) is 13.7. The summed E-state index contributed by atoms with van der Waals surface area (Å²) in [6.45, 7) is 2.24. The van der Waals surface area contributed by atoms with Gasteiger partial charge >= 0.3 is 6.18 Å². The molecule has 31 heavy (non-hydrogen) atoms. The first-order chi connectivity index (χ1) is 14.7. The molecule has 0 radical (unpaired) electrons. The van der Waals surface area contributed by atoms with E-state index in [1.807, 2.05) is 6.07 Å². The van der Waals surface area contributed by atoms with Crippen LogP contribution in [0.1, 0.15) is 22.2 Å². The molecule has 1 atom stereocenters. The average Bonchev–Trinajstić information content (AvgIpc) is 3.36. The van der Waals surface area contributed by atoms with E-state index in [1.165, 1.54) is 0 Å². The van der Waals surface area contributed by atoms with E-state index >= 15 is 0 Å². The van der Waals surface area contributed by atoms with E-state index in [-0.39, 0.29) is 18.1 Å². The van der Waals surface area contributed by atoms with E-state index in [0.717, 1.165) is 11.3 Å². The molecule has 2 heterocycles. The number of hydrogen-bond acceptors (Lipinski definition) is 4. The first-order valence-corrected chi connectivity index (χ1v) is 10.6. The number of anilines is 1. The number of rotatable bonds is 5. The SMILES string of the molecule is C[C@H](N)C(=O)N1CCc2cc(OCc3cc(-c4ccccc4)c(C(F)(F)F)s3)ccc21. The summed E-state index contributed by atoms with van der Waals surface area (Å²) >= 11 is 0.697. The zero-order valence-corrected chi connectivity index (χ0v) is 17.6. The van der Waals surface area contributed by atoms with Crippen LogP contribution in [0.4, 0.5) is 18.9 Å². The Labute approximate surface area is 182 Å². The molecule has 162 valence electrons. The Morgan fingerprint density at radius 1 is 1.19 bits per heavy atom. The van der Waals surface area contributed by atoms with Gasteiger partial charge in [0.2, 0.25) is 5.91 Å². The van der Waals surface area contributed by atoms with Gasteiger partial charge in [0.25, 0.3) is 0 Å². The molecule has 4 nitrogen and oxygen atoms in total. The van der Waals surface area contributed by atoms with Gasteiger partial charge in [-0.2, -0.15) is 13.2 Å². The maximum absolute atomic E-state index is 13.5. The lowest BCUT2D eigenvalue weighted by Gasteiger charge is -2.19. The molecule has 1 aliphatic heterocycles. The molecule has 8 heteroatoms. The molecule has 0 fully saturated rings. The number of alkyl halides is 3. The topological polar surface area (TPSA) is 55.6 Å². The summed E-state index contributed by atoms with van der Waals surface area (Å²) in [6, 6.07) is 14.8. The number of carbonyl (C=O) groups excluding carboxylic acids is 1. The molecule has 1 aliphatic rings. The molecule has 0 unspecified atom stereocenters. The minimum absolute atomic E-state index is 0.0296. The smallest absolute Gasteiger partial charge is 0.426 e. The summed E-state index contributed by atoms with van der Waals surface area (Å²) in [5.74, 6) is 0.413. The van der Waals surface area contributed by atoms with Crippen LogP contribution in [0, 0.1) is 0 Å². The zero-order valence-electron chi connectivity index (χ0n) is 16.8. The Morgan fingerprint density at radius 3 is 2.61 bits per heavy atom. The molecule has 2 N–H and O–H groups in total. The molecule has 1 amide bonds. The molecule has 0 spiro atoms. The quantitative estimate of drug-likeness (QED) is 0.583. The number of halogens is 3. The van der Waals surface area contributed by atoms with Crippen molar-refractivity contribution in [1.29, 1.82) is 0 Å². The van der Waals surface area contributed by atoms with Crippen molar-refractivity contribution in [3.05, 3.63) is 69.9 Å². The van der Waals surface area contributed by atoms with Crippen LogP contribution in [0.15, 0.2) is 54.6 Å². The Bertz CT molecular complexity index is 1090. The highest BCUT2D eigenvalue weighted by molar-refractivity contribution is 7.12. The second kappa shape index (κ2) is 8.36. The van der Waals surface area contributed by atoms with Crippen LogP contribution in [0.5, 0.6) is 5.75 Å². The maximum Gasteiger partial charge on any atom is 0.426 e. The van der Waals surface area contributed by atoms with E-state index in [9.17, 15) is 18.0 Å². The van der Waals surface area contributed by atoms with E-state index in [0.29, 0.717) is 40.5 Å².